The number of likely N-dealkylation sites (N-methyl/N-ethyl adjacent to an activating group) is 1. The lowest BCUT2D eigenvalue weighted by atomic mass is 9.99. The van der Waals surface area contributed by atoms with E-state index in [0.29, 0.717) is 12.6 Å². The molecule has 0 aliphatic heterocycles. The molecular weight excluding hydrogens is 288 g/mol. The Morgan fingerprint density at radius 2 is 2.10 bits per heavy atom. The lowest BCUT2D eigenvalue weighted by molar-refractivity contribution is 0.192. The zero-order valence-corrected chi connectivity index (χ0v) is 13.7. The molecule has 4 heteroatoms. The molecule has 2 nitrogen and oxygen atoms in total. The molecule has 1 aromatic heterocycles. The fraction of sp³-hybridized carbons (Fsp3) is 0.375. The maximum Gasteiger partial charge on any atom is 0.0476 e. The number of nitrogens with zero attached hydrogens (tertiary/aromatic N) is 1. The van der Waals surface area contributed by atoms with Crippen LogP contribution >= 0.6 is 22.9 Å². The zero-order valence-electron chi connectivity index (χ0n) is 12.1. The van der Waals surface area contributed by atoms with Crippen LogP contribution in [0.15, 0.2) is 35.7 Å². The van der Waals surface area contributed by atoms with E-state index >= 15 is 0 Å². The molecule has 0 spiro atoms. The minimum absolute atomic E-state index is 0.198. The van der Waals surface area contributed by atoms with Crippen LogP contribution in [0.25, 0.3) is 0 Å². The second kappa shape index (κ2) is 6.72. The molecule has 2 aromatic rings. The highest BCUT2D eigenvalue weighted by Crippen LogP contribution is 2.32. The van der Waals surface area contributed by atoms with Crippen LogP contribution in [-0.2, 0) is 0 Å². The summed E-state index contributed by atoms with van der Waals surface area (Å²) in [6.07, 6.45) is 0. The molecule has 2 unspecified atom stereocenters. The van der Waals surface area contributed by atoms with Crippen molar-refractivity contribution >= 4 is 22.9 Å². The highest BCUT2D eigenvalue weighted by molar-refractivity contribution is 7.10. The van der Waals surface area contributed by atoms with Gasteiger partial charge in [0.1, 0.15) is 0 Å². The predicted octanol–water partition coefficient (Wildman–Crippen LogP) is 4.40. The van der Waals surface area contributed by atoms with Crippen molar-refractivity contribution in [2.45, 2.75) is 25.9 Å². The molecule has 0 aliphatic rings. The van der Waals surface area contributed by atoms with E-state index in [-0.39, 0.29) is 6.04 Å². The smallest absolute Gasteiger partial charge is 0.0476 e. The number of hydrogen-bond acceptors (Lipinski definition) is 3. The summed E-state index contributed by atoms with van der Waals surface area (Å²) >= 11 is 7.83. The van der Waals surface area contributed by atoms with E-state index in [4.69, 9.17) is 17.3 Å². The molecule has 2 N–H and O–H groups in total. The molecule has 1 heterocycles. The molecule has 0 saturated carbocycles. The third-order valence-electron chi connectivity index (χ3n) is 3.87. The molecule has 0 fully saturated rings. The lowest BCUT2D eigenvalue weighted by Gasteiger charge is -2.33. The third-order valence-corrected chi connectivity index (χ3v) is 5.15. The van der Waals surface area contributed by atoms with Crippen LogP contribution in [0.3, 0.4) is 0 Å². The molecular formula is C16H21ClN2S. The van der Waals surface area contributed by atoms with Crippen LogP contribution in [0.5, 0.6) is 0 Å². The van der Waals surface area contributed by atoms with Gasteiger partial charge in [-0.05, 0) is 55.6 Å². The average Bonchev–Trinajstić information content (AvgIpc) is 2.94. The van der Waals surface area contributed by atoms with Gasteiger partial charge < -0.3 is 5.73 Å². The van der Waals surface area contributed by atoms with Crippen LogP contribution in [0, 0.1) is 6.92 Å². The fourth-order valence-electron chi connectivity index (χ4n) is 2.53. The summed E-state index contributed by atoms with van der Waals surface area (Å²) in [5, 5.41) is 2.89. The molecule has 1 aromatic carbocycles. The first-order valence-electron chi connectivity index (χ1n) is 6.76. The van der Waals surface area contributed by atoms with E-state index < -0.39 is 0 Å². The van der Waals surface area contributed by atoms with Gasteiger partial charge in [0.05, 0.1) is 0 Å². The van der Waals surface area contributed by atoms with E-state index in [1.165, 1.54) is 16.0 Å². The summed E-state index contributed by atoms with van der Waals surface area (Å²) in [6, 6.07) is 10.8. The molecule has 0 radical (unpaired) electrons. The van der Waals surface area contributed by atoms with Gasteiger partial charge in [-0.2, -0.15) is 0 Å². The lowest BCUT2D eigenvalue weighted by Crippen LogP contribution is -2.32. The van der Waals surface area contributed by atoms with Crippen LogP contribution in [-0.4, -0.2) is 18.5 Å². The summed E-state index contributed by atoms with van der Waals surface area (Å²) < 4.78 is 0. The van der Waals surface area contributed by atoms with E-state index in [1.807, 2.05) is 12.1 Å². The van der Waals surface area contributed by atoms with Crippen molar-refractivity contribution in [1.29, 1.82) is 0 Å². The van der Waals surface area contributed by atoms with Gasteiger partial charge in [0, 0.05) is 28.5 Å². The third kappa shape index (κ3) is 3.23. The maximum absolute atomic E-state index is 6.04. The Labute approximate surface area is 130 Å². The van der Waals surface area contributed by atoms with Gasteiger partial charge in [0.15, 0.2) is 0 Å². The number of benzene rings is 1. The van der Waals surface area contributed by atoms with Gasteiger partial charge in [-0.15, -0.1) is 11.3 Å². The van der Waals surface area contributed by atoms with Crippen LogP contribution in [0.4, 0.5) is 0 Å². The Morgan fingerprint density at radius 1 is 1.35 bits per heavy atom. The molecule has 0 amide bonds. The summed E-state index contributed by atoms with van der Waals surface area (Å²) in [5.41, 5.74) is 8.48. The summed E-state index contributed by atoms with van der Waals surface area (Å²) in [5.74, 6) is 0. The first-order valence-corrected chi connectivity index (χ1v) is 8.01. The van der Waals surface area contributed by atoms with Crippen LogP contribution in [0.2, 0.25) is 5.02 Å². The van der Waals surface area contributed by atoms with E-state index in [0.717, 1.165) is 5.02 Å². The minimum atomic E-state index is 0.198. The monoisotopic (exact) mass is 308 g/mol. The van der Waals surface area contributed by atoms with Crippen molar-refractivity contribution in [1.82, 2.24) is 4.90 Å². The number of thiophene rings is 1. The van der Waals surface area contributed by atoms with Gasteiger partial charge >= 0.3 is 0 Å². The molecule has 2 atom stereocenters. The Kier molecular flexibility index (Phi) is 5.22. The van der Waals surface area contributed by atoms with Crippen molar-refractivity contribution in [2.24, 2.45) is 5.73 Å². The average molecular weight is 309 g/mol. The first kappa shape index (κ1) is 15.5. The van der Waals surface area contributed by atoms with Gasteiger partial charge in [-0.25, -0.2) is 0 Å². The molecule has 20 heavy (non-hydrogen) atoms. The van der Waals surface area contributed by atoms with E-state index in [2.05, 4.69) is 49.4 Å². The normalized spacial score (nSPS) is 14.5. The summed E-state index contributed by atoms with van der Waals surface area (Å²) in [4.78, 5) is 3.69. The minimum Gasteiger partial charge on any atom is -0.329 e. The maximum atomic E-state index is 6.04. The number of rotatable bonds is 5. The largest absolute Gasteiger partial charge is 0.329 e. The molecule has 0 saturated heterocycles. The summed E-state index contributed by atoms with van der Waals surface area (Å²) in [6.45, 7) is 4.90. The van der Waals surface area contributed by atoms with E-state index in [9.17, 15) is 0 Å². The number of aryl methyl sites for hydroxylation is 1. The molecule has 0 aliphatic carbocycles. The van der Waals surface area contributed by atoms with Crippen molar-refractivity contribution in [3.05, 3.63) is 56.7 Å². The van der Waals surface area contributed by atoms with Gasteiger partial charge in [-0.3, -0.25) is 4.90 Å². The Hall–Kier alpha value is -0.870. The highest BCUT2D eigenvalue weighted by Gasteiger charge is 2.23. The van der Waals surface area contributed by atoms with Crippen molar-refractivity contribution in [3.63, 3.8) is 0 Å². The van der Waals surface area contributed by atoms with Gasteiger partial charge in [-0.1, -0.05) is 23.7 Å². The Balaban J connectivity index is 2.27. The zero-order chi connectivity index (χ0) is 14.7. The van der Waals surface area contributed by atoms with Crippen LogP contribution < -0.4 is 5.73 Å². The number of hydrogen-bond donors (Lipinski definition) is 1. The standard InChI is InChI=1S/C16H21ClN2S/c1-11-9-13(17)6-7-14(11)15(10-18)19(3)12(2)16-5-4-8-20-16/h4-9,12,15H,10,18H2,1-3H3. The number of halogens is 1. The number of nitrogens with two attached hydrogens (primary N) is 1. The molecule has 108 valence electrons. The molecule has 2 rings (SSSR count). The first-order chi connectivity index (χ1) is 9.54. The fourth-order valence-corrected chi connectivity index (χ4v) is 3.59. The predicted molar refractivity (Wildman–Crippen MR) is 88.5 cm³/mol. The SMILES string of the molecule is Cc1cc(Cl)ccc1C(CN)N(C)C(C)c1cccs1. The molecule has 0 bridgehead atoms. The Morgan fingerprint density at radius 3 is 2.65 bits per heavy atom. The van der Waals surface area contributed by atoms with Crippen LogP contribution in [0.1, 0.15) is 35.0 Å². The Bertz CT molecular complexity index is 554. The van der Waals surface area contributed by atoms with Gasteiger partial charge in [0.2, 0.25) is 0 Å². The van der Waals surface area contributed by atoms with Crippen molar-refractivity contribution in [3.8, 4) is 0 Å². The topological polar surface area (TPSA) is 29.3 Å². The van der Waals surface area contributed by atoms with Gasteiger partial charge in [0.25, 0.3) is 0 Å². The van der Waals surface area contributed by atoms with Crippen molar-refractivity contribution < 1.29 is 0 Å². The second-order valence-corrected chi connectivity index (χ2v) is 6.52. The van der Waals surface area contributed by atoms with Crippen molar-refractivity contribution in [2.75, 3.05) is 13.6 Å². The second-order valence-electron chi connectivity index (χ2n) is 5.11. The highest BCUT2D eigenvalue weighted by atomic mass is 35.5. The quantitative estimate of drug-likeness (QED) is 0.887. The van der Waals surface area contributed by atoms with E-state index in [1.54, 1.807) is 11.3 Å². The summed E-state index contributed by atoms with van der Waals surface area (Å²) in [7, 11) is 2.13.